The zero-order valence-electron chi connectivity index (χ0n) is 22.3. The van der Waals surface area contributed by atoms with Crippen LogP contribution in [0.2, 0.25) is 5.02 Å². The van der Waals surface area contributed by atoms with Gasteiger partial charge in [-0.25, -0.2) is 0 Å². The lowest BCUT2D eigenvalue weighted by molar-refractivity contribution is -0.384. The summed E-state index contributed by atoms with van der Waals surface area (Å²) in [7, 11) is 0. The van der Waals surface area contributed by atoms with Crippen molar-refractivity contribution in [3.8, 4) is 11.1 Å². The van der Waals surface area contributed by atoms with Crippen LogP contribution in [-0.4, -0.2) is 16.9 Å². The lowest BCUT2D eigenvalue weighted by Gasteiger charge is -2.32. The van der Waals surface area contributed by atoms with Crippen molar-refractivity contribution < 1.29 is 9.72 Å². The maximum absolute atomic E-state index is 13.6. The van der Waals surface area contributed by atoms with Gasteiger partial charge < -0.3 is 5.32 Å². The predicted octanol–water partition coefficient (Wildman–Crippen LogP) is 8.64. The fourth-order valence-electron chi connectivity index (χ4n) is 5.99. The topological polar surface area (TPSA) is 84.6 Å². The number of nitro groups is 1. The maximum Gasteiger partial charge on any atom is 0.269 e. The smallest absolute Gasteiger partial charge is 0.269 e. The van der Waals surface area contributed by atoms with E-state index in [0.717, 1.165) is 52.9 Å². The number of para-hydroxylation sites is 2. The minimum atomic E-state index is -0.446. The van der Waals surface area contributed by atoms with Crippen molar-refractivity contribution in [1.82, 2.24) is 0 Å². The Kier molecular flexibility index (Phi) is 7.49. The fourth-order valence-corrected chi connectivity index (χ4v) is 6.18. The van der Waals surface area contributed by atoms with Crippen molar-refractivity contribution in [1.29, 1.82) is 0 Å². The molecule has 3 aliphatic rings. The highest BCUT2D eigenvalue weighted by Crippen LogP contribution is 2.45. The van der Waals surface area contributed by atoms with Crippen LogP contribution < -0.4 is 5.32 Å². The average Bonchev–Trinajstić information content (AvgIpc) is 3.26. The van der Waals surface area contributed by atoms with Crippen LogP contribution in [0.3, 0.4) is 0 Å². The highest BCUT2D eigenvalue weighted by molar-refractivity contribution is 6.30. The molecule has 1 unspecified atom stereocenters. The van der Waals surface area contributed by atoms with Gasteiger partial charge in [0.2, 0.25) is 0 Å². The predicted molar refractivity (Wildman–Crippen MR) is 165 cm³/mol. The van der Waals surface area contributed by atoms with Crippen LogP contribution in [0.15, 0.2) is 96.1 Å². The van der Waals surface area contributed by atoms with E-state index in [4.69, 9.17) is 11.6 Å². The van der Waals surface area contributed by atoms with Crippen molar-refractivity contribution in [3.63, 3.8) is 0 Å². The monoisotopic (exact) mass is 561 g/mol. The highest BCUT2D eigenvalue weighted by atomic mass is 35.5. The molecule has 0 radical (unpaired) electrons. The second-order valence-electron chi connectivity index (χ2n) is 10.4. The molecule has 2 aliphatic carbocycles. The van der Waals surface area contributed by atoms with E-state index in [0.29, 0.717) is 17.0 Å². The summed E-state index contributed by atoms with van der Waals surface area (Å²) in [6.07, 6.45) is 10.5. The zero-order chi connectivity index (χ0) is 28.3. The minimum Gasteiger partial charge on any atom is -0.360 e. The van der Waals surface area contributed by atoms with Crippen LogP contribution in [0.5, 0.6) is 0 Å². The number of aliphatic imine (C=N–C) groups is 1. The van der Waals surface area contributed by atoms with Gasteiger partial charge in [0.05, 0.1) is 22.2 Å². The number of fused-ring (bicyclic) bond motifs is 6. The zero-order valence-corrected chi connectivity index (χ0v) is 23.1. The summed E-state index contributed by atoms with van der Waals surface area (Å²) in [4.78, 5) is 28.4. The molecule has 41 heavy (non-hydrogen) atoms. The first kappa shape index (κ1) is 26.7. The first-order valence-electron chi connectivity index (χ1n) is 13.8. The second kappa shape index (κ2) is 11.5. The highest BCUT2D eigenvalue weighted by Gasteiger charge is 2.34. The number of nitrogens with zero attached hydrogens (tertiary/aromatic N) is 2. The molecule has 0 amide bonds. The van der Waals surface area contributed by atoms with Crippen LogP contribution in [0.25, 0.3) is 11.1 Å². The Morgan fingerprint density at radius 3 is 2.54 bits per heavy atom. The molecule has 1 atom stereocenters. The minimum absolute atomic E-state index is 0.00917. The number of Topliss-reactive ketones (excluding diaryl/α,β-unsaturated/α-hetero) is 1. The van der Waals surface area contributed by atoms with Crippen LogP contribution in [0, 0.1) is 10.1 Å². The number of hydrogen-bond donors (Lipinski definition) is 1. The molecule has 1 N–H and O–H groups in total. The van der Waals surface area contributed by atoms with Crippen LogP contribution >= 0.6 is 11.6 Å². The van der Waals surface area contributed by atoms with Gasteiger partial charge in [-0.1, -0.05) is 41.9 Å². The average molecular weight is 562 g/mol. The first-order valence-corrected chi connectivity index (χ1v) is 14.1. The van der Waals surface area contributed by atoms with Crippen LogP contribution in [-0.2, 0) is 19.3 Å². The lowest BCUT2D eigenvalue weighted by Crippen LogP contribution is -2.23. The van der Waals surface area contributed by atoms with E-state index in [-0.39, 0.29) is 17.4 Å². The molecular weight excluding hydrogens is 534 g/mol. The quantitative estimate of drug-likeness (QED) is 0.154. The molecule has 0 aromatic heterocycles. The van der Waals surface area contributed by atoms with Gasteiger partial charge in [0.1, 0.15) is 0 Å². The van der Waals surface area contributed by atoms with Crippen molar-refractivity contribution >= 4 is 40.7 Å². The number of allylic oxidation sites excluding steroid dienone is 1. The molecule has 4 aromatic rings. The number of aryl methyl sites for hydroxylation is 1. The first-order chi connectivity index (χ1) is 20.0. The van der Waals surface area contributed by atoms with Gasteiger partial charge in [-0.05, 0) is 108 Å². The van der Waals surface area contributed by atoms with Gasteiger partial charge in [-0.2, -0.15) is 0 Å². The number of non-ortho nitro benzene ring substituents is 1. The second-order valence-corrected chi connectivity index (χ2v) is 10.8. The van der Waals surface area contributed by atoms with Crippen LogP contribution in [0.1, 0.15) is 51.4 Å². The van der Waals surface area contributed by atoms with Crippen LogP contribution in [0.4, 0.5) is 17.1 Å². The van der Waals surface area contributed by atoms with Gasteiger partial charge in [-0.3, -0.25) is 19.9 Å². The SMILES string of the molecule is C1=CNc2ccccc2N=C1.O=C(c1ccc([N+](=O)[O-])cc1)C1Cc2cc(Cl)ccc2-c2ccc3c(c21)CCCC3. The van der Waals surface area contributed by atoms with Crippen molar-refractivity contribution in [2.75, 3.05) is 5.32 Å². The summed E-state index contributed by atoms with van der Waals surface area (Å²) in [6, 6.07) is 24.2. The Bertz CT molecular complexity index is 1710. The molecule has 0 spiro atoms. The van der Waals surface area contributed by atoms with Gasteiger partial charge in [0, 0.05) is 35.1 Å². The van der Waals surface area contributed by atoms with Gasteiger partial charge in [0.15, 0.2) is 5.78 Å². The number of benzene rings is 4. The summed E-state index contributed by atoms with van der Waals surface area (Å²) in [6.45, 7) is 0. The molecule has 1 heterocycles. The third-order valence-corrected chi connectivity index (χ3v) is 8.16. The van der Waals surface area contributed by atoms with Crippen molar-refractivity contribution in [2.24, 2.45) is 4.99 Å². The van der Waals surface area contributed by atoms with E-state index in [1.165, 1.54) is 29.7 Å². The van der Waals surface area contributed by atoms with E-state index in [9.17, 15) is 14.9 Å². The number of anilines is 1. The third kappa shape index (κ3) is 5.43. The molecule has 6 nitrogen and oxygen atoms in total. The summed E-state index contributed by atoms with van der Waals surface area (Å²) >= 11 is 6.26. The summed E-state index contributed by atoms with van der Waals surface area (Å²) in [5.41, 5.74) is 9.69. The number of carbonyl (C=O) groups is 1. The number of rotatable bonds is 3. The number of hydrogen-bond acceptors (Lipinski definition) is 5. The molecule has 4 aromatic carbocycles. The van der Waals surface area contributed by atoms with Gasteiger partial charge in [0.25, 0.3) is 5.69 Å². The van der Waals surface area contributed by atoms with Gasteiger partial charge in [-0.15, -0.1) is 0 Å². The number of carbonyl (C=O) groups excluding carboxylic acids is 1. The number of halogens is 1. The number of nitrogens with one attached hydrogen (secondary N) is 1. The molecule has 7 heteroatoms. The molecule has 204 valence electrons. The Morgan fingerprint density at radius 2 is 1.71 bits per heavy atom. The Labute approximate surface area is 243 Å². The summed E-state index contributed by atoms with van der Waals surface area (Å²) in [5.74, 6) is -0.295. The molecule has 0 saturated heterocycles. The largest absolute Gasteiger partial charge is 0.360 e. The number of nitro benzene ring substituents is 1. The van der Waals surface area contributed by atoms with E-state index in [2.05, 4.69) is 28.5 Å². The van der Waals surface area contributed by atoms with Crippen molar-refractivity contribution in [2.45, 2.75) is 38.0 Å². The van der Waals surface area contributed by atoms with E-state index in [1.807, 2.05) is 48.7 Å². The third-order valence-electron chi connectivity index (χ3n) is 7.92. The van der Waals surface area contributed by atoms with Gasteiger partial charge >= 0.3 is 0 Å². The van der Waals surface area contributed by atoms with E-state index in [1.54, 1.807) is 18.3 Å². The molecule has 0 saturated carbocycles. The molecule has 7 rings (SSSR count). The Balaban J connectivity index is 0.000000229. The standard InChI is InChI=1S/C25H20ClNO3.C9H8N2/c26-18-8-12-20-17(13-18)14-23(25(28)16-5-9-19(10-6-16)27(29)30)24-21-4-2-1-3-15(21)7-11-22(20)24;1-2-5-9-8(4-1)10-6-3-7-11-9/h5-13,23H,1-4,14H2;1-7,10H. The normalized spacial score (nSPS) is 16.0. The fraction of sp³-hybridized carbons (Fsp3) is 0.176. The molecule has 1 aliphatic heterocycles. The maximum atomic E-state index is 13.6. The van der Waals surface area contributed by atoms with E-state index < -0.39 is 4.92 Å². The molecular formula is C34H28ClN3O3. The Hall–Kier alpha value is -4.55. The summed E-state index contributed by atoms with van der Waals surface area (Å²) in [5, 5.41) is 14.8. The van der Waals surface area contributed by atoms with E-state index >= 15 is 0 Å². The summed E-state index contributed by atoms with van der Waals surface area (Å²) < 4.78 is 0. The number of ketones is 1. The Morgan fingerprint density at radius 1 is 0.927 bits per heavy atom. The lowest BCUT2D eigenvalue weighted by atomic mass is 9.71. The van der Waals surface area contributed by atoms with Crippen molar-refractivity contribution in [3.05, 3.63) is 134 Å². The molecule has 0 bridgehead atoms. The molecule has 0 fully saturated rings.